The van der Waals surface area contributed by atoms with Gasteiger partial charge in [0.1, 0.15) is 5.82 Å². The van der Waals surface area contributed by atoms with E-state index in [0.717, 1.165) is 63.4 Å². The van der Waals surface area contributed by atoms with Crippen LogP contribution in [0.25, 0.3) is 0 Å². The molecule has 1 aliphatic heterocycles. The van der Waals surface area contributed by atoms with E-state index in [4.69, 9.17) is 5.73 Å². The summed E-state index contributed by atoms with van der Waals surface area (Å²) in [6.45, 7) is 6.95. The van der Waals surface area contributed by atoms with Crippen molar-refractivity contribution >= 4 is 11.9 Å². The molecule has 1 saturated heterocycles. The van der Waals surface area contributed by atoms with Crippen molar-refractivity contribution < 1.29 is 9.18 Å². The number of nitrogens with two attached hydrogens (primary N) is 1. The molecule has 0 spiro atoms. The third-order valence-corrected chi connectivity index (χ3v) is 4.75. The molecule has 1 heterocycles. The Hall–Kier alpha value is -2.15. The van der Waals surface area contributed by atoms with Crippen LogP contribution in [0, 0.1) is 11.7 Å². The van der Waals surface area contributed by atoms with E-state index in [2.05, 4.69) is 20.5 Å². The molecule has 1 fully saturated rings. The molecule has 0 aromatic heterocycles. The lowest BCUT2D eigenvalue weighted by Gasteiger charge is -2.30. The molecule has 2 rings (SSSR count). The number of guanidine groups is 1. The maximum absolute atomic E-state index is 13.2. The van der Waals surface area contributed by atoms with Gasteiger partial charge in [-0.15, -0.1) is 0 Å². The molecule has 1 amide bonds. The second kappa shape index (κ2) is 11.5. The van der Waals surface area contributed by atoms with Crippen LogP contribution in [0.15, 0.2) is 29.3 Å². The molecule has 150 valence electrons. The third-order valence-electron chi connectivity index (χ3n) is 4.75. The number of nitrogens with zero attached hydrogens (tertiary/aromatic N) is 2. The van der Waals surface area contributed by atoms with Crippen LogP contribution in [-0.4, -0.2) is 56.0 Å². The van der Waals surface area contributed by atoms with E-state index in [9.17, 15) is 9.18 Å². The van der Waals surface area contributed by atoms with Crippen LogP contribution in [0.1, 0.15) is 31.7 Å². The zero-order valence-corrected chi connectivity index (χ0v) is 16.2. The summed E-state index contributed by atoms with van der Waals surface area (Å²) in [5.74, 6) is 0.380. The van der Waals surface area contributed by atoms with Gasteiger partial charge in [-0.25, -0.2) is 4.39 Å². The number of rotatable bonds is 9. The van der Waals surface area contributed by atoms with Gasteiger partial charge in [-0.05, 0) is 63.4 Å². The molecule has 0 aliphatic carbocycles. The Kier molecular flexibility index (Phi) is 9.04. The number of benzene rings is 1. The topological polar surface area (TPSA) is 82.8 Å². The second-order valence-electron chi connectivity index (χ2n) is 6.96. The first kappa shape index (κ1) is 21.2. The van der Waals surface area contributed by atoms with Crippen LogP contribution in [0.4, 0.5) is 4.39 Å². The van der Waals surface area contributed by atoms with Crippen LogP contribution >= 0.6 is 0 Å². The number of piperidine rings is 1. The number of halogens is 1. The number of aliphatic imine (C=N–C) groups is 1. The Morgan fingerprint density at radius 1 is 1.41 bits per heavy atom. The minimum Gasteiger partial charge on any atom is -0.369 e. The summed E-state index contributed by atoms with van der Waals surface area (Å²) in [4.78, 5) is 18.3. The maximum atomic E-state index is 13.2. The lowest BCUT2D eigenvalue weighted by atomic mass is 9.97. The predicted molar refractivity (Wildman–Crippen MR) is 107 cm³/mol. The van der Waals surface area contributed by atoms with Crippen LogP contribution in [0.3, 0.4) is 0 Å². The van der Waals surface area contributed by atoms with E-state index >= 15 is 0 Å². The summed E-state index contributed by atoms with van der Waals surface area (Å²) >= 11 is 0. The van der Waals surface area contributed by atoms with Crippen LogP contribution in [0.5, 0.6) is 0 Å². The van der Waals surface area contributed by atoms with E-state index in [-0.39, 0.29) is 17.6 Å². The van der Waals surface area contributed by atoms with Crippen molar-refractivity contribution in [3.05, 3.63) is 35.6 Å². The standard InChI is InChI=1S/C20H32FN5O/c1-2-23-20(25-11-9-16-6-3-8-18(21)14-16)24-10-5-13-26-12-4-7-17(15-26)19(22)27/h3,6,8,14,17H,2,4-5,7,9-13,15H2,1H3,(H2,22,27)(H2,23,24,25). The average Bonchev–Trinajstić information content (AvgIpc) is 2.65. The van der Waals surface area contributed by atoms with Crippen molar-refractivity contribution in [1.29, 1.82) is 0 Å². The number of primary amides is 1. The maximum Gasteiger partial charge on any atom is 0.221 e. The molecule has 0 saturated carbocycles. The highest BCUT2D eigenvalue weighted by atomic mass is 19.1. The summed E-state index contributed by atoms with van der Waals surface area (Å²) in [7, 11) is 0. The fourth-order valence-corrected chi connectivity index (χ4v) is 3.34. The first-order valence-electron chi connectivity index (χ1n) is 9.86. The van der Waals surface area contributed by atoms with Gasteiger partial charge in [0.05, 0.1) is 5.92 Å². The summed E-state index contributed by atoms with van der Waals surface area (Å²) in [6.07, 6.45) is 3.61. The molecular formula is C20H32FN5O. The Morgan fingerprint density at radius 2 is 2.26 bits per heavy atom. The molecule has 1 aromatic rings. The predicted octanol–water partition coefficient (Wildman–Crippen LogP) is 1.51. The van der Waals surface area contributed by atoms with Crippen molar-refractivity contribution in [1.82, 2.24) is 15.5 Å². The van der Waals surface area contributed by atoms with E-state index in [1.54, 1.807) is 12.1 Å². The number of hydrogen-bond acceptors (Lipinski definition) is 3. The first-order chi connectivity index (χ1) is 13.1. The highest BCUT2D eigenvalue weighted by molar-refractivity contribution is 5.79. The van der Waals surface area contributed by atoms with Gasteiger partial charge in [-0.3, -0.25) is 9.79 Å². The van der Waals surface area contributed by atoms with Gasteiger partial charge in [0.2, 0.25) is 5.91 Å². The van der Waals surface area contributed by atoms with Gasteiger partial charge in [0, 0.05) is 26.2 Å². The lowest BCUT2D eigenvalue weighted by molar-refractivity contribution is -0.123. The van der Waals surface area contributed by atoms with Gasteiger partial charge >= 0.3 is 0 Å². The molecule has 0 radical (unpaired) electrons. The quantitative estimate of drug-likeness (QED) is 0.346. The number of carbonyl (C=O) groups excluding carboxylic acids is 1. The second-order valence-corrected chi connectivity index (χ2v) is 6.96. The number of carbonyl (C=O) groups is 1. The molecule has 7 heteroatoms. The number of amides is 1. The zero-order valence-electron chi connectivity index (χ0n) is 16.2. The van der Waals surface area contributed by atoms with Crippen LogP contribution < -0.4 is 16.4 Å². The van der Waals surface area contributed by atoms with E-state index in [1.165, 1.54) is 6.07 Å². The Bertz CT molecular complexity index is 622. The van der Waals surface area contributed by atoms with Gasteiger partial charge < -0.3 is 21.3 Å². The van der Waals surface area contributed by atoms with Crippen molar-refractivity contribution in [2.75, 3.05) is 39.3 Å². The summed E-state index contributed by atoms with van der Waals surface area (Å²) in [5, 5.41) is 6.52. The number of hydrogen-bond donors (Lipinski definition) is 3. The van der Waals surface area contributed by atoms with Crippen molar-refractivity contribution in [3.63, 3.8) is 0 Å². The molecular weight excluding hydrogens is 345 g/mol. The molecule has 1 atom stereocenters. The van der Waals surface area contributed by atoms with Crippen molar-refractivity contribution in [2.24, 2.45) is 16.6 Å². The Balaban J connectivity index is 1.70. The van der Waals surface area contributed by atoms with Gasteiger partial charge in [-0.2, -0.15) is 0 Å². The largest absolute Gasteiger partial charge is 0.369 e. The Labute approximate surface area is 161 Å². The summed E-state index contributed by atoms with van der Waals surface area (Å²) < 4.78 is 13.2. The lowest BCUT2D eigenvalue weighted by Crippen LogP contribution is -2.41. The fourth-order valence-electron chi connectivity index (χ4n) is 3.34. The smallest absolute Gasteiger partial charge is 0.221 e. The van der Waals surface area contributed by atoms with Gasteiger partial charge in [0.15, 0.2) is 5.96 Å². The number of nitrogens with one attached hydrogen (secondary N) is 2. The molecule has 6 nitrogen and oxygen atoms in total. The average molecular weight is 378 g/mol. The normalized spacial score (nSPS) is 18.3. The zero-order chi connectivity index (χ0) is 19.5. The van der Waals surface area contributed by atoms with Crippen molar-refractivity contribution in [3.8, 4) is 0 Å². The van der Waals surface area contributed by atoms with Crippen LogP contribution in [-0.2, 0) is 11.2 Å². The molecule has 0 bridgehead atoms. The van der Waals surface area contributed by atoms with E-state index < -0.39 is 0 Å². The van der Waals surface area contributed by atoms with E-state index in [0.29, 0.717) is 13.1 Å². The van der Waals surface area contributed by atoms with E-state index in [1.807, 2.05) is 13.0 Å². The molecule has 1 aromatic carbocycles. The molecule has 27 heavy (non-hydrogen) atoms. The molecule has 1 aliphatic rings. The fraction of sp³-hybridized carbons (Fsp3) is 0.600. The highest BCUT2D eigenvalue weighted by Crippen LogP contribution is 2.15. The number of likely N-dealkylation sites (tertiary alicyclic amines) is 1. The first-order valence-corrected chi connectivity index (χ1v) is 9.86. The SMILES string of the molecule is CCNC(=NCCCN1CCCC(C(N)=O)C1)NCCc1cccc(F)c1. The van der Waals surface area contributed by atoms with Crippen molar-refractivity contribution in [2.45, 2.75) is 32.6 Å². The molecule has 1 unspecified atom stereocenters. The van der Waals surface area contributed by atoms with Gasteiger partial charge in [0.25, 0.3) is 0 Å². The summed E-state index contributed by atoms with van der Waals surface area (Å²) in [5.41, 5.74) is 6.39. The minimum atomic E-state index is -0.204. The monoisotopic (exact) mass is 377 g/mol. The Morgan fingerprint density at radius 3 is 3.00 bits per heavy atom. The van der Waals surface area contributed by atoms with Crippen LogP contribution in [0.2, 0.25) is 0 Å². The minimum absolute atomic E-state index is 0.0101. The molecule has 4 N–H and O–H groups in total. The summed E-state index contributed by atoms with van der Waals surface area (Å²) in [6, 6.07) is 6.67. The highest BCUT2D eigenvalue weighted by Gasteiger charge is 2.23. The third kappa shape index (κ3) is 7.95. The van der Waals surface area contributed by atoms with Gasteiger partial charge in [-0.1, -0.05) is 12.1 Å².